The van der Waals surface area contributed by atoms with E-state index in [1.165, 1.54) is 6.92 Å². The number of nitrogens with zero attached hydrogens (tertiary/aromatic N) is 1. The molecule has 13 nitrogen and oxygen atoms in total. The smallest absolute Gasteiger partial charge is 0.498 e. The first-order valence-corrected chi connectivity index (χ1v) is 24.6. The molecule has 4 unspecified atom stereocenters. The van der Waals surface area contributed by atoms with Crippen molar-refractivity contribution in [2.45, 2.75) is 51.2 Å². The van der Waals surface area contributed by atoms with E-state index in [-0.39, 0.29) is 55.2 Å². The van der Waals surface area contributed by atoms with Crippen LogP contribution in [-0.2, 0) is 41.9 Å². The highest BCUT2D eigenvalue weighted by atomic mass is 28.6. The number of esters is 1. The highest BCUT2D eigenvalue weighted by Crippen LogP contribution is 2.35. The molecule has 3 heterocycles. The van der Waals surface area contributed by atoms with Gasteiger partial charge in [-0.05, 0) is 50.5 Å². The molecule has 3 N–H and O–H groups in total. The molecule has 0 amide bonds. The summed E-state index contributed by atoms with van der Waals surface area (Å²) in [6, 6.07) is 22.7. The van der Waals surface area contributed by atoms with Crippen LogP contribution in [-0.4, -0.2) is 93.6 Å². The van der Waals surface area contributed by atoms with Gasteiger partial charge >= 0.3 is 41.2 Å². The van der Waals surface area contributed by atoms with Crippen molar-refractivity contribution in [1.29, 1.82) is 0 Å². The Kier molecular flexibility index (Phi) is 13.3. The third-order valence-electron chi connectivity index (χ3n) is 8.12. The van der Waals surface area contributed by atoms with Crippen molar-refractivity contribution in [3.8, 4) is 5.75 Å². The van der Waals surface area contributed by atoms with Crippen molar-refractivity contribution in [3.05, 3.63) is 103 Å². The molecule has 17 heteroatoms. The third-order valence-corrected chi connectivity index (χ3v) is 22.3. The lowest BCUT2D eigenvalue weighted by atomic mass is 9.90. The highest BCUT2D eigenvalue weighted by Gasteiger charge is 2.67. The number of benzene rings is 2. The Morgan fingerprint density at radius 1 is 0.824 bits per heavy atom. The van der Waals surface area contributed by atoms with Gasteiger partial charge in [-0.1, -0.05) is 68.1 Å². The first-order chi connectivity index (χ1) is 24.3. The number of carbonyl (C=O) groups excluding carboxylic acids is 1. The van der Waals surface area contributed by atoms with Gasteiger partial charge in [-0.15, -0.1) is 0 Å². The number of hydrogen-bond acceptors (Lipinski definition) is 13. The van der Waals surface area contributed by atoms with E-state index in [0.717, 1.165) is 0 Å². The molecule has 2 aliphatic rings. The topological polar surface area (TPSA) is 164 Å². The maximum atomic E-state index is 12.5. The zero-order valence-electron chi connectivity index (χ0n) is 29.0. The van der Waals surface area contributed by atoms with E-state index in [2.05, 4.69) is 18.5 Å². The number of rotatable bonds is 17. The van der Waals surface area contributed by atoms with Gasteiger partial charge in [0.25, 0.3) is 0 Å². The Labute approximate surface area is 303 Å². The zero-order chi connectivity index (χ0) is 36.4. The molecule has 1 aromatic heterocycles. The molecule has 2 aliphatic heterocycles. The van der Waals surface area contributed by atoms with Crippen LogP contribution in [0.4, 0.5) is 0 Å². The van der Waals surface area contributed by atoms with Crippen molar-refractivity contribution in [3.63, 3.8) is 0 Å². The van der Waals surface area contributed by atoms with Gasteiger partial charge in [0.1, 0.15) is 5.75 Å². The van der Waals surface area contributed by atoms with Crippen molar-refractivity contribution in [1.82, 2.24) is 4.98 Å². The third kappa shape index (κ3) is 11.3. The van der Waals surface area contributed by atoms with Crippen LogP contribution in [0.3, 0.4) is 0 Å². The fourth-order valence-electron chi connectivity index (χ4n) is 5.48. The molecular weight excluding hydrogens is 727 g/mol. The SMILES string of the molecule is C=C(C)C(=O)OCCC[Si]1(O)O[Si](O)(CCCOCC2(C)COC2)O[Si](O)(CCc2ccccn2)O[Si](Oc2ccccc2)(c2ccccc2)O1. The summed E-state index contributed by atoms with van der Waals surface area (Å²) < 4.78 is 49.1. The number of aryl methyl sites for hydroxylation is 1. The molecule has 51 heavy (non-hydrogen) atoms. The lowest BCUT2D eigenvalue weighted by molar-refractivity contribution is -0.139. The summed E-state index contributed by atoms with van der Waals surface area (Å²) >= 11 is 0. The van der Waals surface area contributed by atoms with Crippen molar-refractivity contribution < 1.29 is 54.3 Å². The fraction of sp³-hybridized carbons (Fsp3) is 0.412. The average Bonchev–Trinajstić information content (AvgIpc) is 3.08. The molecule has 3 aromatic rings. The number of hydrogen-bond donors (Lipinski definition) is 3. The van der Waals surface area contributed by atoms with Gasteiger partial charge in [-0.25, -0.2) is 4.79 Å². The van der Waals surface area contributed by atoms with E-state index in [1.807, 2.05) is 18.2 Å². The van der Waals surface area contributed by atoms with Crippen LogP contribution in [0.5, 0.6) is 5.75 Å². The maximum absolute atomic E-state index is 12.5. The second-order valence-electron chi connectivity index (χ2n) is 13.2. The standard InChI is InChI=1S/C34H47NO12Si4/c1-29(2)33(36)42-22-13-24-49(38)44-48(37,23-12-21-40-26-34(3)27-41-28-34)45-50(39,25-19-30-14-10-11-20-35-30)47-51(46-49,32-17-8-5-9-18-32)43-31-15-6-4-7-16-31/h4-11,14-18,20,37-39H,1,12-13,19,21-28H2,2-3H3. The number of para-hydroxylation sites is 1. The van der Waals surface area contributed by atoms with Crippen molar-refractivity contribution >= 4 is 46.4 Å². The van der Waals surface area contributed by atoms with Crippen LogP contribution in [0.1, 0.15) is 32.4 Å². The Morgan fingerprint density at radius 3 is 2.00 bits per heavy atom. The van der Waals surface area contributed by atoms with E-state index in [0.29, 0.717) is 42.9 Å². The minimum Gasteiger partial charge on any atom is -0.498 e. The molecule has 0 saturated carbocycles. The summed E-state index contributed by atoms with van der Waals surface area (Å²) in [4.78, 5) is 53.5. The lowest BCUT2D eigenvalue weighted by Crippen LogP contribution is -2.76. The summed E-state index contributed by atoms with van der Waals surface area (Å²) in [6.07, 6.45) is 2.31. The molecule has 4 atom stereocenters. The summed E-state index contributed by atoms with van der Waals surface area (Å²) in [6.45, 7) is 9.11. The highest BCUT2D eigenvalue weighted by molar-refractivity contribution is 6.93. The molecule has 0 radical (unpaired) electrons. The molecule has 0 spiro atoms. The molecule has 0 bridgehead atoms. The van der Waals surface area contributed by atoms with Gasteiger partial charge < -0.3 is 49.5 Å². The minimum absolute atomic E-state index is 0.0581. The van der Waals surface area contributed by atoms with Crippen LogP contribution in [0.15, 0.2) is 97.2 Å². The first-order valence-electron chi connectivity index (χ1n) is 17.0. The van der Waals surface area contributed by atoms with Crippen molar-refractivity contribution in [2.75, 3.05) is 33.0 Å². The number of pyridine rings is 1. The van der Waals surface area contributed by atoms with Crippen LogP contribution < -0.4 is 9.61 Å². The Bertz CT molecular complexity index is 1580. The number of ether oxygens (including phenoxy) is 3. The monoisotopic (exact) mass is 773 g/mol. The Morgan fingerprint density at radius 2 is 1.41 bits per heavy atom. The van der Waals surface area contributed by atoms with Gasteiger partial charge in [-0.2, -0.15) is 0 Å². The summed E-state index contributed by atoms with van der Waals surface area (Å²) in [5.74, 6) is -0.218. The van der Waals surface area contributed by atoms with Crippen LogP contribution in [0, 0.1) is 5.41 Å². The summed E-state index contributed by atoms with van der Waals surface area (Å²) in [5.41, 5.74) is 0.843. The van der Waals surface area contributed by atoms with E-state index in [1.54, 1.807) is 66.9 Å². The van der Waals surface area contributed by atoms with Gasteiger partial charge in [0.15, 0.2) is 0 Å². The largest absolute Gasteiger partial charge is 0.588 e. The van der Waals surface area contributed by atoms with Crippen LogP contribution >= 0.6 is 0 Å². The van der Waals surface area contributed by atoms with E-state index >= 15 is 0 Å². The second kappa shape index (κ2) is 17.3. The van der Waals surface area contributed by atoms with Gasteiger partial charge in [-0.3, -0.25) is 4.98 Å². The van der Waals surface area contributed by atoms with Gasteiger partial charge in [0, 0.05) is 52.8 Å². The molecule has 5 rings (SSSR count). The molecule has 2 aromatic carbocycles. The second-order valence-corrected chi connectivity index (χ2v) is 24.1. The Balaban J connectivity index is 1.49. The first kappa shape index (κ1) is 39.3. The molecule has 0 aliphatic carbocycles. The van der Waals surface area contributed by atoms with Gasteiger partial charge in [0.2, 0.25) is 0 Å². The molecular formula is C34H47NO12Si4. The van der Waals surface area contributed by atoms with E-state index in [4.69, 9.17) is 35.1 Å². The van der Waals surface area contributed by atoms with E-state index in [9.17, 15) is 19.2 Å². The van der Waals surface area contributed by atoms with Crippen LogP contribution in [0.25, 0.3) is 0 Å². The van der Waals surface area contributed by atoms with E-state index < -0.39 is 41.2 Å². The van der Waals surface area contributed by atoms with Crippen LogP contribution in [0.2, 0.25) is 18.1 Å². The minimum atomic E-state index is -4.54. The summed E-state index contributed by atoms with van der Waals surface area (Å²) in [7, 11) is -17.9. The fourth-order valence-corrected chi connectivity index (χ4v) is 21.6. The van der Waals surface area contributed by atoms with Gasteiger partial charge in [0.05, 0.1) is 26.4 Å². The quantitative estimate of drug-likeness (QED) is 0.0793. The maximum Gasteiger partial charge on any atom is 0.588 e. The lowest BCUT2D eigenvalue weighted by Gasteiger charge is -2.46. The summed E-state index contributed by atoms with van der Waals surface area (Å²) in [5, 5.41) is 0.429. The predicted octanol–water partition coefficient (Wildman–Crippen LogP) is 3.38. The normalized spacial score (nSPS) is 27.4. The molecule has 2 fully saturated rings. The number of carbonyl (C=O) groups is 1. The molecule has 276 valence electrons. The number of aromatic nitrogens is 1. The predicted molar refractivity (Wildman–Crippen MR) is 194 cm³/mol. The molecule has 2 saturated heterocycles. The van der Waals surface area contributed by atoms with Crippen molar-refractivity contribution in [2.24, 2.45) is 5.41 Å². The zero-order valence-corrected chi connectivity index (χ0v) is 33.0. The average molecular weight is 774 g/mol. The Hall–Kier alpha value is -2.89.